The molecule has 5 heteroatoms. The molecule has 0 spiro atoms. The van der Waals surface area contributed by atoms with E-state index < -0.39 is 5.82 Å². The van der Waals surface area contributed by atoms with Crippen LogP contribution in [0.25, 0.3) is 0 Å². The number of hydrogen-bond acceptors (Lipinski definition) is 4. The van der Waals surface area contributed by atoms with Gasteiger partial charge in [0, 0.05) is 18.7 Å². The standard InChI is InChI=1S/C14H14FN3O/c15-12-3-1-2-4-13(12)19-14-8-7-11(17-18-14)9-16-10-5-6-10/h1-4,7-8,10,16H,5-6,9H2. The second-order valence-electron chi connectivity index (χ2n) is 4.55. The molecule has 1 aromatic heterocycles. The lowest BCUT2D eigenvalue weighted by molar-refractivity contribution is 0.420. The molecule has 0 radical (unpaired) electrons. The van der Waals surface area contributed by atoms with Gasteiger partial charge in [0.2, 0.25) is 5.88 Å². The number of para-hydroxylation sites is 1. The molecule has 1 N–H and O–H groups in total. The summed E-state index contributed by atoms with van der Waals surface area (Å²) in [6.07, 6.45) is 2.48. The SMILES string of the molecule is Fc1ccccc1Oc1ccc(CNC2CC2)nn1. The molecule has 19 heavy (non-hydrogen) atoms. The summed E-state index contributed by atoms with van der Waals surface area (Å²) >= 11 is 0. The van der Waals surface area contributed by atoms with Gasteiger partial charge in [0.25, 0.3) is 0 Å². The average molecular weight is 259 g/mol. The van der Waals surface area contributed by atoms with Gasteiger partial charge in [-0.1, -0.05) is 12.1 Å². The van der Waals surface area contributed by atoms with Gasteiger partial charge in [-0.3, -0.25) is 0 Å². The first-order chi connectivity index (χ1) is 9.31. The minimum atomic E-state index is -0.413. The Bertz CT molecular complexity index is 555. The molecule has 1 aliphatic carbocycles. The Morgan fingerprint density at radius 2 is 2.00 bits per heavy atom. The molecule has 0 aliphatic heterocycles. The fourth-order valence-electron chi connectivity index (χ4n) is 1.67. The second-order valence-corrected chi connectivity index (χ2v) is 4.55. The Kier molecular flexibility index (Phi) is 3.37. The van der Waals surface area contributed by atoms with Crippen LogP contribution in [0.1, 0.15) is 18.5 Å². The van der Waals surface area contributed by atoms with E-state index >= 15 is 0 Å². The van der Waals surface area contributed by atoms with Gasteiger partial charge in [0.05, 0.1) is 5.69 Å². The molecule has 4 nitrogen and oxygen atoms in total. The number of rotatable bonds is 5. The molecule has 3 rings (SSSR count). The van der Waals surface area contributed by atoms with Crippen molar-refractivity contribution in [1.82, 2.24) is 15.5 Å². The van der Waals surface area contributed by atoms with E-state index in [4.69, 9.17) is 4.74 Å². The number of ether oxygens (including phenoxy) is 1. The molecular formula is C14H14FN3O. The van der Waals surface area contributed by atoms with E-state index in [1.807, 2.05) is 6.07 Å². The summed E-state index contributed by atoms with van der Waals surface area (Å²) in [5, 5.41) is 11.3. The summed E-state index contributed by atoms with van der Waals surface area (Å²) in [6, 6.07) is 10.4. The lowest BCUT2D eigenvalue weighted by Crippen LogP contribution is -2.16. The Labute approximate surface area is 110 Å². The number of nitrogens with zero attached hydrogens (tertiary/aromatic N) is 2. The van der Waals surface area contributed by atoms with Crippen LogP contribution >= 0.6 is 0 Å². The van der Waals surface area contributed by atoms with Crippen molar-refractivity contribution in [2.75, 3.05) is 0 Å². The molecule has 0 amide bonds. The molecular weight excluding hydrogens is 245 g/mol. The smallest absolute Gasteiger partial charge is 0.239 e. The zero-order valence-corrected chi connectivity index (χ0v) is 10.3. The van der Waals surface area contributed by atoms with Crippen molar-refractivity contribution < 1.29 is 9.13 Å². The number of nitrogens with one attached hydrogen (secondary N) is 1. The normalized spacial score (nSPS) is 14.4. The van der Waals surface area contributed by atoms with Gasteiger partial charge in [-0.05, 0) is 31.0 Å². The van der Waals surface area contributed by atoms with Gasteiger partial charge >= 0.3 is 0 Å². The Hall–Kier alpha value is -2.01. The van der Waals surface area contributed by atoms with Crippen LogP contribution in [0.2, 0.25) is 0 Å². The maximum atomic E-state index is 13.4. The van der Waals surface area contributed by atoms with Gasteiger partial charge < -0.3 is 10.1 Å². The molecule has 1 saturated carbocycles. The summed E-state index contributed by atoms with van der Waals surface area (Å²) in [6.45, 7) is 0.706. The highest BCUT2D eigenvalue weighted by atomic mass is 19.1. The molecule has 0 saturated heterocycles. The van der Waals surface area contributed by atoms with Crippen LogP contribution in [-0.2, 0) is 6.54 Å². The Morgan fingerprint density at radius 3 is 2.68 bits per heavy atom. The quantitative estimate of drug-likeness (QED) is 0.896. The first-order valence-corrected chi connectivity index (χ1v) is 6.29. The fraction of sp³-hybridized carbons (Fsp3) is 0.286. The van der Waals surface area contributed by atoms with Crippen LogP contribution in [0.4, 0.5) is 4.39 Å². The number of benzene rings is 1. The van der Waals surface area contributed by atoms with Crippen LogP contribution < -0.4 is 10.1 Å². The van der Waals surface area contributed by atoms with E-state index in [0.717, 1.165) is 5.69 Å². The molecule has 0 bridgehead atoms. The van der Waals surface area contributed by atoms with Crippen LogP contribution in [0, 0.1) is 5.82 Å². The highest BCUT2D eigenvalue weighted by molar-refractivity contribution is 5.28. The van der Waals surface area contributed by atoms with E-state index in [-0.39, 0.29) is 5.75 Å². The average Bonchev–Trinajstić information content (AvgIpc) is 3.25. The van der Waals surface area contributed by atoms with Crippen molar-refractivity contribution in [2.45, 2.75) is 25.4 Å². The predicted octanol–water partition coefficient (Wildman–Crippen LogP) is 2.66. The summed E-state index contributed by atoms with van der Waals surface area (Å²) in [5.41, 5.74) is 0.854. The monoisotopic (exact) mass is 259 g/mol. The van der Waals surface area contributed by atoms with Crippen molar-refractivity contribution in [2.24, 2.45) is 0 Å². The highest BCUT2D eigenvalue weighted by Crippen LogP contribution is 2.22. The summed E-state index contributed by atoms with van der Waals surface area (Å²) in [7, 11) is 0. The van der Waals surface area contributed by atoms with Crippen LogP contribution in [0.5, 0.6) is 11.6 Å². The molecule has 1 aromatic carbocycles. The fourth-order valence-corrected chi connectivity index (χ4v) is 1.67. The van der Waals surface area contributed by atoms with Crippen LogP contribution in [0.3, 0.4) is 0 Å². The maximum absolute atomic E-state index is 13.4. The van der Waals surface area contributed by atoms with E-state index in [0.29, 0.717) is 18.5 Å². The van der Waals surface area contributed by atoms with Crippen LogP contribution in [-0.4, -0.2) is 16.2 Å². The summed E-state index contributed by atoms with van der Waals surface area (Å²) < 4.78 is 18.7. The van der Waals surface area contributed by atoms with Crippen molar-refractivity contribution in [3.05, 3.63) is 47.9 Å². The van der Waals surface area contributed by atoms with E-state index in [2.05, 4.69) is 15.5 Å². The van der Waals surface area contributed by atoms with Gasteiger partial charge in [-0.15, -0.1) is 5.10 Å². The first-order valence-electron chi connectivity index (χ1n) is 6.29. The van der Waals surface area contributed by atoms with Crippen molar-refractivity contribution in [3.63, 3.8) is 0 Å². The molecule has 0 atom stereocenters. The topological polar surface area (TPSA) is 47.0 Å². The lowest BCUT2D eigenvalue weighted by atomic mass is 10.3. The molecule has 98 valence electrons. The molecule has 1 aliphatic rings. The van der Waals surface area contributed by atoms with Crippen molar-refractivity contribution >= 4 is 0 Å². The molecule has 1 heterocycles. The van der Waals surface area contributed by atoms with Crippen molar-refractivity contribution in [3.8, 4) is 11.6 Å². The van der Waals surface area contributed by atoms with Crippen LogP contribution in [0.15, 0.2) is 36.4 Å². The first kappa shape index (κ1) is 12.0. The largest absolute Gasteiger partial charge is 0.434 e. The second kappa shape index (κ2) is 5.32. The lowest BCUT2D eigenvalue weighted by Gasteiger charge is -2.06. The summed E-state index contributed by atoms with van der Waals surface area (Å²) in [4.78, 5) is 0. The van der Waals surface area contributed by atoms with E-state index in [1.165, 1.54) is 18.9 Å². The minimum absolute atomic E-state index is 0.153. The molecule has 1 fully saturated rings. The van der Waals surface area contributed by atoms with E-state index in [1.54, 1.807) is 24.3 Å². The predicted molar refractivity (Wildman–Crippen MR) is 68.4 cm³/mol. The Morgan fingerprint density at radius 1 is 1.16 bits per heavy atom. The van der Waals surface area contributed by atoms with Gasteiger partial charge in [0.15, 0.2) is 11.6 Å². The minimum Gasteiger partial charge on any atom is -0.434 e. The zero-order valence-electron chi connectivity index (χ0n) is 10.3. The third kappa shape index (κ3) is 3.26. The van der Waals surface area contributed by atoms with Gasteiger partial charge in [-0.2, -0.15) is 5.10 Å². The van der Waals surface area contributed by atoms with Gasteiger partial charge in [-0.25, -0.2) is 4.39 Å². The van der Waals surface area contributed by atoms with Crippen molar-refractivity contribution in [1.29, 1.82) is 0 Å². The summed E-state index contributed by atoms with van der Waals surface area (Å²) in [5.74, 6) is 0.0321. The number of aromatic nitrogens is 2. The zero-order chi connectivity index (χ0) is 13.1. The number of hydrogen-bond donors (Lipinski definition) is 1. The Balaban J connectivity index is 1.63. The third-order valence-corrected chi connectivity index (χ3v) is 2.90. The maximum Gasteiger partial charge on any atom is 0.239 e. The highest BCUT2D eigenvalue weighted by Gasteiger charge is 2.20. The molecule has 0 unspecified atom stereocenters. The molecule has 2 aromatic rings. The van der Waals surface area contributed by atoms with E-state index in [9.17, 15) is 4.39 Å². The number of halogens is 1. The third-order valence-electron chi connectivity index (χ3n) is 2.90. The van der Waals surface area contributed by atoms with Gasteiger partial charge in [0.1, 0.15) is 0 Å².